The lowest BCUT2D eigenvalue weighted by Crippen LogP contribution is -2.12. The Kier molecular flexibility index (Phi) is 4.35. The second-order valence-corrected chi connectivity index (χ2v) is 5.93. The molecule has 2 aromatic carbocycles. The van der Waals surface area contributed by atoms with Crippen LogP contribution in [0.3, 0.4) is 0 Å². The van der Waals surface area contributed by atoms with Crippen LogP contribution in [-0.2, 0) is 4.79 Å². The van der Waals surface area contributed by atoms with Gasteiger partial charge in [0.15, 0.2) is 5.58 Å². The van der Waals surface area contributed by atoms with E-state index in [0.717, 1.165) is 5.56 Å². The van der Waals surface area contributed by atoms with Crippen LogP contribution in [0.5, 0.6) is 0 Å². The smallest absolute Gasteiger partial charge is 0.239 e. The summed E-state index contributed by atoms with van der Waals surface area (Å²) in [7, 11) is 0. The molecule has 3 rings (SSSR count). The zero-order valence-electron chi connectivity index (χ0n) is 13.0. The number of anilines is 1. The predicted octanol–water partition coefficient (Wildman–Crippen LogP) is 4.80. The topological polar surface area (TPSA) is 55.1 Å². The minimum Gasteiger partial charge on any atom is -0.436 e. The number of carbonyl (C=O) groups excluding carboxylic acids is 1. The fourth-order valence-corrected chi connectivity index (χ4v) is 2.40. The normalized spacial score (nSPS) is 11.1. The first kappa shape index (κ1) is 15.6. The zero-order valence-corrected chi connectivity index (χ0v) is 13.7. The maximum atomic E-state index is 11.3. The second-order valence-electron chi connectivity index (χ2n) is 5.66. The molecule has 3 aromatic rings. The molecule has 118 valence electrons. The molecule has 23 heavy (non-hydrogen) atoms. The van der Waals surface area contributed by atoms with Gasteiger partial charge >= 0.3 is 0 Å². The lowest BCUT2D eigenvalue weighted by Gasteiger charge is -2.04. The van der Waals surface area contributed by atoms with Crippen molar-refractivity contribution >= 4 is 34.3 Å². The number of nitrogens with one attached hydrogen (secondary N) is 1. The highest BCUT2D eigenvalue weighted by Gasteiger charge is 2.10. The van der Waals surface area contributed by atoms with Crippen molar-refractivity contribution in [1.82, 2.24) is 4.98 Å². The van der Waals surface area contributed by atoms with Crippen LogP contribution < -0.4 is 5.32 Å². The number of nitrogens with zero attached hydrogens (tertiary/aromatic N) is 1. The summed E-state index contributed by atoms with van der Waals surface area (Å²) in [4.78, 5) is 15.8. The van der Waals surface area contributed by atoms with Crippen molar-refractivity contribution < 1.29 is 9.21 Å². The summed E-state index contributed by atoms with van der Waals surface area (Å²) in [6.45, 7) is 4.32. The standard InChI is InChI=1S/C18H17ClN2O2/c1-11(2)12-3-5-13(6-4-12)18-21-15-9-14(20-17(22)10-19)7-8-16(15)23-18/h3-9,11H,10H2,1-2H3,(H,20,22). The Labute approximate surface area is 139 Å². The van der Waals surface area contributed by atoms with Gasteiger partial charge in [-0.3, -0.25) is 4.79 Å². The van der Waals surface area contributed by atoms with Crippen LogP contribution in [0.1, 0.15) is 25.3 Å². The zero-order chi connectivity index (χ0) is 16.4. The summed E-state index contributed by atoms with van der Waals surface area (Å²) in [5.74, 6) is 0.723. The van der Waals surface area contributed by atoms with E-state index in [1.165, 1.54) is 5.56 Å². The highest BCUT2D eigenvalue weighted by Crippen LogP contribution is 2.27. The number of aromatic nitrogens is 1. The van der Waals surface area contributed by atoms with Crippen LogP contribution in [0.2, 0.25) is 0 Å². The van der Waals surface area contributed by atoms with Crippen molar-refractivity contribution in [3.05, 3.63) is 48.0 Å². The molecule has 0 unspecified atom stereocenters. The third-order valence-corrected chi connectivity index (χ3v) is 3.86. The highest BCUT2D eigenvalue weighted by molar-refractivity contribution is 6.29. The fourth-order valence-electron chi connectivity index (χ4n) is 2.33. The number of alkyl halides is 1. The average molecular weight is 329 g/mol. The van der Waals surface area contributed by atoms with Gasteiger partial charge in [0.1, 0.15) is 11.4 Å². The number of rotatable bonds is 4. The molecule has 4 nitrogen and oxygen atoms in total. The Balaban J connectivity index is 1.91. The highest BCUT2D eigenvalue weighted by atomic mass is 35.5. The molecule has 0 saturated heterocycles. The van der Waals surface area contributed by atoms with Gasteiger partial charge in [0.2, 0.25) is 11.8 Å². The first-order chi connectivity index (χ1) is 11.1. The molecule has 1 aromatic heterocycles. The van der Waals surface area contributed by atoms with Gasteiger partial charge < -0.3 is 9.73 Å². The molecule has 0 bridgehead atoms. The number of hydrogen-bond acceptors (Lipinski definition) is 3. The maximum Gasteiger partial charge on any atom is 0.239 e. The van der Waals surface area contributed by atoms with Crippen LogP contribution in [-0.4, -0.2) is 16.8 Å². The van der Waals surface area contributed by atoms with Crippen LogP contribution in [0.15, 0.2) is 46.9 Å². The molecule has 1 heterocycles. The SMILES string of the molecule is CC(C)c1ccc(-c2nc3cc(NC(=O)CCl)ccc3o2)cc1. The Bertz CT molecular complexity index is 838. The molecular formula is C18H17ClN2O2. The van der Waals surface area contributed by atoms with Gasteiger partial charge in [-0.05, 0) is 41.8 Å². The average Bonchev–Trinajstić information content (AvgIpc) is 2.98. The monoisotopic (exact) mass is 328 g/mol. The summed E-state index contributed by atoms with van der Waals surface area (Å²) in [5, 5.41) is 2.70. The van der Waals surface area contributed by atoms with E-state index >= 15 is 0 Å². The van der Waals surface area contributed by atoms with Crippen molar-refractivity contribution in [3.63, 3.8) is 0 Å². The molecule has 1 amide bonds. The molecule has 0 fully saturated rings. The van der Waals surface area contributed by atoms with Crippen LogP contribution in [0.25, 0.3) is 22.6 Å². The number of benzene rings is 2. The molecule has 0 saturated carbocycles. The molecule has 0 aliphatic rings. The van der Waals surface area contributed by atoms with Crippen molar-refractivity contribution in [1.29, 1.82) is 0 Å². The molecule has 0 spiro atoms. The number of oxazole rings is 1. The Morgan fingerprint density at radius 1 is 1.22 bits per heavy atom. The minimum atomic E-state index is -0.251. The Hall–Kier alpha value is -2.33. The lowest BCUT2D eigenvalue weighted by atomic mass is 10.0. The number of halogens is 1. The van der Waals surface area contributed by atoms with E-state index in [9.17, 15) is 4.79 Å². The number of fused-ring (bicyclic) bond motifs is 1. The second kappa shape index (κ2) is 6.42. The third kappa shape index (κ3) is 3.37. The number of carbonyl (C=O) groups is 1. The number of amides is 1. The molecule has 1 N–H and O–H groups in total. The van der Waals surface area contributed by atoms with Crippen LogP contribution >= 0.6 is 11.6 Å². The Morgan fingerprint density at radius 3 is 2.61 bits per heavy atom. The van der Waals surface area contributed by atoms with Gasteiger partial charge in [-0.2, -0.15) is 0 Å². The van der Waals surface area contributed by atoms with Crippen LogP contribution in [0.4, 0.5) is 5.69 Å². The van der Waals surface area contributed by atoms with E-state index < -0.39 is 0 Å². The van der Waals surface area contributed by atoms with Gasteiger partial charge in [-0.25, -0.2) is 4.98 Å². The van der Waals surface area contributed by atoms with Gasteiger partial charge in [-0.1, -0.05) is 26.0 Å². The first-order valence-electron chi connectivity index (χ1n) is 7.43. The molecule has 5 heteroatoms. The largest absolute Gasteiger partial charge is 0.436 e. The van der Waals surface area contributed by atoms with Crippen LogP contribution in [0, 0.1) is 0 Å². The molecule has 0 atom stereocenters. The van der Waals surface area contributed by atoms with Gasteiger partial charge in [0.25, 0.3) is 0 Å². The van der Waals surface area contributed by atoms with E-state index in [0.29, 0.717) is 28.6 Å². The summed E-state index contributed by atoms with van der Waals surface area (Å²) < 4.78 is 5.79. The summed E-state index contributed by atoms with van der Waals surface area (Å²) in [6, 6.07) is 13.5. The van der Waals surface area contributed by atoms with Gasteiger partial charge in [-0.15, -0.1) is 11.6 Å². The summed E-state index contributed by atoms with van der Waals surface area (Å²) >= 11 is 5.49. The quantitative estimate of drug-likeness (QED) is 0.700. The van der Waals surface area contributed by atoms with E-state index in [1.54, 1.807) is 18.2 Å². The van der Waals surface area contributed by atoms with E-state index in [1.807, 2.05) is 12.1 Å². The van der Waals surface area contributed by atoms with Crippen molar-refractivity contribution in [2.24, 2.45) is 0 Å². The Morgan fingerprint density at radius 2 is 1.96 bits per heavy atom. The van der Waals surface area contributed by atoms with E-state index in [2.05, 4.69) is 36.3 Å². The minimum absolute atomic E-state index is 0.0791. The molecule has 0 radical (unpaired) electrons. The van der Waals surface area contributed by atoms with Crippen molar-refractivity contribution in [2.75, 3.05) is 11.2 Å². The van der Waals surface area contributed by atoms with Gasteiger partial charge in [0.05, 0.1) is 0 Å². The van der Waals surface area contributed by atoms with E-state index in [-0.39, 0.29) is 11.8 Å². The number of hydrogen-bond donors (Lipinski definition) is 1. The maximum absolute atomic E-state index is 11.3. The fraction of sp³-hybridized carbons (Fsp3) is 0.222. The summed E-state index contributed by atoms with van der Waals surface area (Å²) in [5.41, 5.74) is 4.23. The third-order valence-electron chi connectivity index (χ3n) is 3.62. The predicted molar refractivity (Wildman–Crippen MR) is 92.9 cm³/mol. The molecular weight excluding hydrogens is 312 g/mol. The lowest BCUT2D eigenvalue weighted by molar-refractivity contribution is -0.113. The van der Waals surface area contributed by atoms with Crippen molar-refractivity contribution in [2.45, 2.75) is 19.8 Å². The first-order valence-corrected chi connectivity index (χ1v) is 7.97. The van der Waals surface area contributed by atoms with Gasteiger partial charge in [0, 0.05) is 11.3 Å². The van der Waals surface area contributed by atoms with E-state index in [4.69, 9.17) is 16.0 Å². The van der Waals surface area contributed by atoms with Crippen molar-refractivity contribution in [3.8, 4) is 11.5 Å². The molecule has 0 aliphatic carbocycles. The molecule has 0 aliphatic heterocycles. The summed E-state index contributed by atoms with van der Waals surface area (Å²) in [6.07, 6.45) is 0.